The molecule has 0 unspecified atom stereocenters. The van der Waals surface area contributed by atoms with Gasteiger partial charge in [-0.1, -0.05) is 11.6 Å². The van der Waals surface area contributed by atoms with Crippen LogP contribution in [0.3, 0.4) is 0 Å². The first-order chi connectivity index (χ1) is 8.88. The molecule has 0 bridgehead atoms. The second-order valence-electron chi connectivity index (χ2n) is 3.65. The summed E-state index contributed by atoms with van der Waals surface area (Å²) in [6.07, 6.45) is -2.22. The zero-order valence-electron chi connectivity index (χ0n) is 9.29. The molecule has 0 radical (unpaired) electrons. The van der Waals surface area contributed by atoms with E-state index in [1.165, 1.54) is 18.4 Å². The Hall–Kier alpha value is -1.95. The molecule has 1 heterocycles. The fraction of sp³-hybridized carbons (Fsp3) is 0.0833. The highest BCUT2D eigenvalue weighted by Gasteiger charge is 2.34. The van der Waals surface area contributed by atoms with Gasteiger partial charge in [-0.3, -0.25) is 4.79 Å². The van der Waals surface area contributed by atoms with Crippen LogP contribution in [0.25, 0.3) is 0 Å². The van der Waals surface area contributed by atoms with Crippen LogP contribution >= 0.6 is 11.6 Å². The number of amides is 1. The lowest BCUT2D eigenvalue weighted by Gasteiger charge is -2.13. The quantitative estimate of drug-likeness (QED) is 0.900. The molecule has 1 aromatic heterocycles. The molecule has 7 heteroatoms. The molecule has 1 N–H and O–H groups in total. The number of rotatable bonds is 2. The molecular formula is C12H7ClF3NO2. The van der Waals surface area contributed by atoms with E-state index >= 15 is 0 Å². The van der Waals surface area contributed by atoms with Crippen LogP contribution in [0.5, 0.6) is 0 Å². The second-order valence-corrected chi connectivity index (χ2v) is 4.09. The molecule has 19 heavy (non-hydrogen) atoms. The van der Waals surface area contributed by atoms with Gasteiger partial charge < -0.3 is 9.73 Å². The Labute approximate surface area is 111 Å². The average Bonchev–Trinajstić information content (AvgIpc) is 2.83. The molecule has 0 atom stereocenters. The third kappa shape index (κ3) is 3.08. The molecule has 0 spiro atoms. The normalized spacial score (nSPS) is 11.4. The molecule has 0 aliphatic carbocycles. The minimum atomic E-state index is -4.61. The topological polar surface area (TPSA) is 42.2 Å². The monoisotopic (exact) mass is 289 g/mol. The number of benzene rings is 1. The van der Waals surface area contributed by atoms with Gasteiger partial charge in [0.25, 0.3) is 5.91 Å². The molecule has 2 aromatic rings. The number of carbonyl (C=O) groups is 1. The van der Waals surface area contributed by atoms with Crippen LogP contribution in [-0.2, 0) is 6.18 Å². The Morgan fingerprint density at radius 3 is 2.58 bits per heavy atom. The predicted octanol–water partition coefficient (Wildman–Crippen LogP) is 4.20. The van der Waals surface area contributed by atoms with Gasteiger partial charge in [-0.15, -0.1) is 0 Å². The van der Waals surface area contributed by atoms with E-state index in [1.807, 2.05) is 0 Å². The van der Waals surface area contributed by atoms with Gasteiger partial charge in [0.05, 0.1) is 23.1 Å². The summed E-state index contributed by atoms with van der Waals surface area (Å²) in [5.41, 5.74) is -1.23. The van der Waals surface area contributed by atoms with Crippen LogP contribution < -0.4 is 5.32 Å². The van der Waals surface area contributed by atoms with Crippen molar-refractivity contribution in [1.82, 2.24) is 0 Å². The summed E-state index contributed by atoms with van der Waals surface area (Å²) in [4.78, 5) is 11.7. The van der Waals surface area contributed by atoms with Crippen LogP contribution in [0, 0.1) is 0 Å². The predicted molar refractivity (Wildman–Crippen MR) is 63.1 cm³/mol. The van der Waals surface area contributed by atoms with E-state index in [0.29, 0.717) is 0 Å². The van der Waals surface area contributed by atoms with Crippen molar-refractivity contribution in [1.29, 1.82) is 0 Å². The fourth-order valence-corrected chi connectivity index (χ4v) is 1.62. The molecule has 3 nitrogen and oxygen atoms in total. The van der Waals surface area contributed by atoms with Gasteiger partial charge in [-0.05, 0) is 24.3 Å². The van der Waals surface area contributed by atoms with Crippen molar-refractivity contribution in [3.63, 3.8) is 0 Å². The van der Waals surface area contributed by atoms with Crippen LogP contribution in [0.15, 0.2) is 41.2 Å². The fourth-order valence-electron chi connectivity index (χ4n) is 1.45. The second kappa shape index (κ2) is 4.97. The summed E-state index contributed by atoms with van der Waals surface area (Å²) < 4.78 is 43.1. The number of furan rings is 1. The van der Waals surface area contributed by atoms with E-state index in [1.54, 1.807) is 0 Å². The summed E-state index contributed by atoms with van der Waals surface area (Å²) in [5.74, 6) is -0.693. The van der Waals surface area contributed by atoms with E-state index in [2.05, 4.69) is 9.73 Å². The zero-order valence-corrected chi connectivity index (χ0v) is 10.0. The summed E-state index contributed by atoms with van der Waals surface area (Å²) >= 11 is 5.53. The molecule has 1 aromatic carbocycles. The molecular weight excluding hydrogens is 283 g/mol. The van der Waals surface area contributed by atoms with E-state index in [9.17, 15) is 18.0 Å². The number of alkyl halides is 3. The summed E-state index contributed by atoms with van der Waals surface area (Å²) in [7, 11) is 0. The van der Waals surface area contributed by atoms with E-state index in [0.717, 1.165) is 18.4 Å². The molecule has 0 saturated carbocycles. The van der Waals surface area contributed by atoms with Gasteiger partial charge in [-0.2, -0.15) is 13.2 Å². The first-order valence-electron chi connectivity index (χ1n) is 5.08. The van der Waals surface area contributed by atoms with E-state index in [4.69, 9.17) is 11.6 Å². The smallest absolute Gasteiger partial charge is 0.418 e. The van der Waals surface area contributed by atoms with Gasteiger partial charge in [0.2, 0.25) is 0 Å². The Balaban J connectivity index is 2.33. The molecule has 0 fully saturated rings. The maximum absolute atomic E-state index is 12.8. The number of nitrogens with one attached hydrogen (secondary N) is 1. The van der Waals surface area contributed by atoms with Crippen LogP contribution in [0.1, 0.15) is 15.9 Å². The summed E-state index contributed by atoms with van der Waals surface area (Å²) in [6.45, 7) is 0. The van der Waals surface area contributed by atoms with Gasteiger partial charge in [0.15, 0.2) is 0 Å². The average molecular weight is 290 g/mol. The number of hydrogen-bond acceptors (Lipinski definition) is 2. The van der Waals surface area contributed by atoms with Crippen molar-refractivity contribution in [2.75, 3.05) is 5.32 Å². The van der Waals surface area contributed by atoms with Crippen molar-refractivity contribution in [3.05, 3.63) is 52.9 Å². The highest BCUT2D eigenvalue weighted by atomic mass is 35.5. The first-order valence-corrected chi connectivity index (χ1v) is 5.46. The van der Waals surface area contributed by atoms with Crippen molar-refractivity contribution >= 4 is 23.2 Å². The number of halogens is 4. The zero-order chi connectivity index (χ0) is 14.0. The molecule has 0 aliphatic rings. The molecule has 100 valence electrons. The molecule has 0 saturated heterocycles. The first kappa shape index (κ1) is 13.5. The standard InChI is InChI=1S/C12H7ClF3NO2/c13-8-1-2-10(9(5-8)12(14,15)16)17-11(18)7-3-4-19-6-7/h1-6H,(H,17,18). The largest absolute Gasteiger partial charge is 0.472 e. The Morgan fingerprint density at radius 1 is 1.26 bits per heavy atom. The van der Waals surface area contributed by atoms with Crippen molar-refractivity contribution in [3.8, 4) is 0 Å². The van der Waals surface area contributed by atoms with Crippen LogP contribution in [0.2, 0.25) is 5.02 Å². The third-order valence-corrected chi connectivity index (χ3v) is 2.55. The van der Waals surface area contributed by atoms with Crippen molar-refractivity contribution in [2.45, 2.75) is 6.18 Å². The minimum Gasteiger partial charge on any atom is -0.472 e. The Morgan fingerprint density at radius 2 is 2.00 bits per heavy atom. The minimum absolute atomic E-state index is 0.0614. The maximum Gasteiger partial charge on any atom is 0.418 e. The maximum atomic E-state index is 12.8. The van der Waals surface area contributed by atoms with Gasteiger partial charge in [0, 0.05) is 5.02 Å². The summed E-state index contributed by atoms with van der Waals surface area (Å²) in [6, 6.07) is 4.47. The molecule has 0 aliphatic heterocycles. The van der Waals surface area contributed by atoms with Crippen LogP contribution in [-0.4, -0.2) is 5.91 Å². The lowest BCUT2D eigenvalue weighted by atomic mass is 10.1. The molecule has 2 rings (SSSR count). The SMILES string of the molecule is O=C(Nc1ccc(Cl)cc1C(F)(F)F)c1ccoc1. The Kier molecular flexibility index (Phi) is 3.53. The molecule has 1 amide bonds. The number of hydrogen-bond donors (Lipinski definition) is 1. The van der Waals surface area contributed by atoms with E-state index < -0.39 is 17.6 Å². The van der Waals surface area contributed by atoms with Crippen molar-refractivity contribution in [2.24, 2.45) is 0 Å². The van der Waals surface area contributed by atoms with Gasteiger partial charge in [-0.25, -0.2) is 0 Å². The number of anilines is 1. The third-order valence-electron chi connectivity index (χ3n) is 2.32. The highest BCUT2D eigenvalue weighted by molar-refractivity contribution is 6.30. The van der Waals surface area contributed by atoms with E-state index in [-0.39, 0.29) is 16.3 Å². The lowest BCUT2D eigenvalue weighted by molar-refractivity contribution is -0.136. The van der Waals surface area contributed by atoms with Crippen LogP contribution in [0.4, 0.5) is 18.9 Å². The summed E-state index contributed by atoms with van der Waals surface area (Å²) in [5, 5.41) is 2.11. The van der Waals surface area contributed by atoms with Crippen molar-refractivity contribution < 1.29 is 22.4 Å². The lowest BCUT2D eigenvalue weighted by Crippen LogP contribution is -2.16. The Bertz CT molecular complexity index is 594. The van der Waals surface area contributed by atoms with Gasteiger partial charge in [0.1, 0.15) is 6.26 Å². The highest BCUT2D eigenvalue weighted by Crippen LogP contribution is 2.36. The number of carbonyl (C=O) groups excluding carboxylic acids is 1. The van der Waals surface area contributed by atoms with Gasteiger partial charge >= 0.3 is 6.18 Å².